The molecule has 0 aliphatic carbocycles. The van der Waals surface area contributed by atoms with Crippen LogP contribution in [0, 0.1) is 11.3 Å². The molecule has 1 amide bonds. The lowest BCUT2D eigenvalue weighted by atomic mass is 10.2. The maximum atomic E-state index is 12.5. The van der Waals surface area contributed by atoms with Crippen LogP contribution in [0.1, 0.15) is 16.1 Å². The molecule has 0 bridgehead atoms. The Bertz CT molecular complexity index is 917. The molecule has 0 aliphatic heterocycles. The first-order valence-corrected chi connectivity index (χ1v) is 7.61. The summed E-state index contributed by atoms with van der Waals surface area (Å²) in [5.41, 5.74) is 2.32. The van der Waals surface area contributed by atoms with Crippen LogP contribution in [0.5, 0.6) is 0 Å². The molecular weight excluding hydrogens is 314 g/mol. The molecule has 2 aromatic carbocycles. The third-order valence-corrected chi connectivity index (χ3v) is 3.60. The average molecular weight is 329 g/mol. The lowest BCUT2D eigenvalue weighted by molar-refractivity contribution is 0.0987. The number of carbonyl (C=O) groups excluding carboxylic acids is 1. The number of benzene rings is 2. The van der Waals surface area contributed by atoms with E-state index in [2.05, 4.69) is 21.6 Å². The molecule has 0 spiro atoms. The van der Waals surface area contributed by atoms with Crippen molar-refractivity contribution in [3.05, 3.63) is 78.0 Å². The Hall–Kier alpha value is -3.72. The number of para-hydroxylation sites is 1. The molecule has 1 heterocycles. The molecule has 0 radical (unpaired) electrons. The second-order valence-corrected chi connectivity index (χ2v) is 5.32. The largest absolute Gasteiger partial charge is 0.339 e. The zero-order valence-electron chi connectivity index (χ0n) is 13.5. The molecule has 0 unspecified atom stereocenters. The lowest BCUT2D eigenvalue weighted by Gasteiger charge is -2.16. The van der Waals surface area contributed by atoms with Crippen molar-refractivity contribution >= 4 is 23.1 Å². The molecule has 6 nitrogen and oxygen atoms in total. The van der Waals surface area contributed by atoms with Gasteiger partial charge in [0.15, 0.2) is 11.5 Å². The maximum absolute atomic E-state index is 12.5. The summed E-state index contributed by atoms with van der Waals surface area (Å²) in [6.07, 6.45) is 0. The van der Waals surface area contributed by atoms with E-state index in [4.69, 9.17) is 5.26 Å². The molecule has 0 fully saturated rings. The topological polar surface area (TPSA) is 81.9 Å². The molecule has 0 atom stereocenters. The van der Waals surface area contributed by atoms with E-state index in [-0.39, 0.29) is 11.6 Å². The van der Waals surface area contributed by atoms with Crippen LogP contribution in [0.25, 0.3) is 0 Å². The molecule has 0 saturated heterocycles. The number of carbonyl (C=O) groups is 1. The van der Waals surface area contributed by atoms with Gasteiger partial charge in [0, 0.05) is 18.4 Å². The Balaban J connectivity index is 1.73. The normalized spacial score (nSPS) is 9.92. The van der Waals surface area contributed by atoms with Gasteiger partial charge in [0.2, 0.25) is 0 Å². The van der Waals surface area contributed by atoms with E-state index in [1.165, 1.54) is 4.90 Å². The molecule has 3 aromatic rings. The first-order chi connectivity index (χ1) is 12.2. The van der Waals surface area contributed by atoms with Gasteiger partial charge in [-0.3, -0.25) is 4.79 Å². The average Bonchev–Trinajstić information content (AvgIpc) is 2.68. The summed E-state index contributed by atoms with van der Waals surface area (Å²) in [6.45, 7) is 0. The summed E-state index contributed by atoms with van der Waals surface area (Å²) in [5.74, 6) is 0.255. The second kappa shape index (κ2) is 7.23. The van der Waals surface area contributed by atoms with Crippen molar-refractivity contribution in [1.29, 1.82) is 5.26 Å². The van der Waals surface area contributed by atoms with Gasteiger partial charge in [0.1, 0.15) is 0 Å². The highest BCUT2D eigenvalue weighted by Gasteiger charge is 2.15. The molecule has 25 heavy (non-hydrogen) atoms. The van der Waals surface area contributed by atoms with Crippen molar-refractivity contribution in [3.63, 3.8) is 0 Å². The zero-order valence-corrected chi connectivity index (χ0v) is 13.5. The number of nitriles is 1. The van der Waals surface area contributed by atoms with Crippen LogP contribution in [0.15, 0.2) is 66.7 Å². The van der Waals surface area contributed by atoms with E-state index >= 15 is 0 Å². The van der Waals surface area contributed by atoms with E-state index in [0.29, 0.717) is 11.4 Å². The standard InChI is InChI=1S/C19H15N5O/c1-24(16-8-3-2-4-9-16)19(25)17-10-11-18(23-22-17)21-15-7-5-6-14(12-15)13-20/h2-12H,1H3,(H,21,23). The summed E-state index contributed by atoms with van der Waals surface area (Å²) in [5, 5.41) is 20.0. The number of rotatable bonds is 4. The molecule has 1 aromatic heterocycles. The number of hydrogen-bond donors (Lipinski definition) is 1. The first-order valence-electron chi connectivity index (χ1n) is 7.61. The minimum Gasteiger partial charge on any atom is -0.339 e. The number of amides is 1. The van der Waals surface area contributed by atoms with Crippen LogP contribution in [0.2, 0.25) is 0 Å². The van der Waals surface area contributed by atoms with Crippen LogP contribution < -0.4 is 10.2 Å². The van der Waals surface area contributed by atoms with Crippen LogP contribution in [0.3, 0.4) is 0 Å². The van der Waals surface area contributed by atoms with E-state index < -0.39 is 0 Å². The molecule has 1 N–H and O–H groups in total. The Morgan fingerprint density at radius 3 is 2.52 bits per heavy atom. The number of hydrogen-bond acceptors (Lipinski definition) is 5. The Morgan fingerprint density at radius 2 is 1.84 bits per heavy atom. The summed E-state index contributed by atoms with van der Waals surface area (Å²) < 4.78 is 0. The van der Waals surface area contributed by atoms with Gasteiger partial charge in [0.25, 0.3) is 5.91 Å². The minimum absolute atomic E-state index is 0.239. The summed E-state index contributed by atoms with van der Waals surface area (Å²) >= 11 is 0. The predicted octanol–water partition coefficient (Wildman–Crippen LogP) is 3.37. The Labute approximate surface area is 145 Å². The summed E-state index contributed by atoms with van der Waals surface area (Å²) in [7, 11) is 1.69. The number of nitrogens with zero attached hydrogens (tertiary/aromatic N) is 4. The van der Waals surface area contributed by atoms with Crippen LogP contribution in [-0.2, 0) is 0 Å². The number of aromatic nitrogens is 2. The third-order valence-electron chi connectivity index (χ3n) is 3.60. The van der Waals surface area contributed by atoms with Crippen molar-refractivity contribution < 1.29 is 4.79 Å². The molecule has 0 aliphatic rings. The molecule has 3 rings (SSSR count). The molecular formula is C19H15N5O. The SMILES string of the molecule is CN(C(=O)c1ccc(Nc2cccc(C#N)c2)nn1)c1ccccc1. The number of anilines is 3. The van der Waals surface area contributed by atoms with E-state index in [0.717, 1.165) is 11.4 Å². The maximum Gasteiger partial charge on any atom is 0.278 e. The van der Waals surface area contributed by atoms with Crippen LogP contribution >= 0.6 is 0 Å². The van der Waals surface area contributed by atoms with Gasteiger partial charge in [-0.1, -0.05) is 24.3 Å². The van der Waals surface area contributed by atoms with Gasteiger partial charge in [-0.15, -0.1) is 10.2 Å². The number of nitrogens with one attached hydrogen (secondary N) is 1. The van der Waals surface area contributed by atoms with Gasteiger partial charge < -0.3 is 10.2 Å². The van der Waals surface area contributed by atoms with Crippen molar-refractivity contribution in [3.8, 4) is 6.07 Å². The van der Waals surface area contributed by atoms with E-state index in [9.17, 15) is 4.79 Å². The van der Waals surface area contributed by atoms with Gasteiger partial charge in [-0.2, -0.15) is 5.26 Å². The van der Waals surface area contributed by atoms with Gasteiger partial charge in [-0.25, -0.2) is 0 Å². The summed E-state index contributed by atoms with van der Waals surface area (Å²) in [6, 6.07) is 21.7. The van der Waals surface area contributed by atoms with Crippen LogP contribution in [-0.4, -0.2) is 23.2 Å². The van der Waals surface area contributed by atoms with Crippen LogP contribution in [0.4, 0.5) is 17.2 Å². The molecule has 122 valence electrons. The van der Waals surface area contributed by atoms with Gasteiger partial charge >= 0.3 is 0 Å². The Morgan fingerprint density at radius 1 is 1.04 bits per heavy atom. The van der Waals surface area contributed by atoms with Gasteiger partial charge in [0.05, 0.1) is 11.6 Å². The third kappa shape index (κ3) is 3.79. The fourth-order valence-corrected chi connectivity index (χ4v) is 2.27. The van der Waals surface area contributed by atoms with E-state index in [1.54, 1.807) is 37.4 Å². The second-order valence-electron chi connectivity index (χ2n) is 5.32. The fourth-order valence-electron chi connectivity index (χ4n) is 2.27. The van der Waals surface area contributed by atoms with E-state index in [1.807, 2.05) is 36.4 Å². The predicted molar refractivity (Wildman–Crippen MR) is 95.6 cm³/mol. The fraction of sp³-hybridized carbons (Fsp3) is 0.0526. The molecule has 0 saturated carbocycles. The minimum atomic E-state index is -0.239. The monoisotopic (exact) mass is 329 g/mol. The quantitative estimate of drug-likeness (QED) is 0.793. The van der Waals surface area contributed by atoms with Crippen molar-refractivity contribution in [1.82, 2.24) is 10.2 Å². The highest BCUT2D eigenvalue weighted by atomic mass is 16.2. The summed E-state index contributed by atoms with van der Waals surface area (Å²) in [4.78, 5) is 14.0. The Kier molecular flexibility index (Phi) is 4.67. The van der Waals surface area contributed by atoms with Crippen molar-refractivity contribution in [2.45, 2.75) is 0 Å². The molecule has 6 heteroatoms. The first kappa shape index (κ1) is 16.1. The lowest BCUT2D eigenvalue weighted by Crippen LogP contribution is -2.27. The zero-order chi connectivity index (χ0) is 17.6. The van der Waals surface area contributed by atoms with Crippen molar-refractivity contribution in [2.24, 2.45) is 0 Å². The highest BCUT2D eigenvalue weighted by molar-refractivity contribution is 6.04. The van der Waals surface area contributed by atoms with Gasteiger partial charge in [-0.05, 0) is 42.5 Å². The highest BCUT2D eigenvalue weighted by Crippen LogP contribution is 2.17. The van der Waals surface area contributed by atoms with Crippen molar-refractivity contribution in [2.75, 3.05) is 17.3 Å². The smallest absolute Gasteiger partial charge is 0.278 e.